The van der Waals surface area contributed by atoms with Gasteiger partial charge in [0.15, 0.2) is 0 Å². The lowest BCUT2D eigenvalue weighted by Gasteiger charge is -2.03. The summed E-state index contributed by atoms with van der Waals surface area (Å²) >= 11 is 1.02. The molecule has 0 saturated carbocycles. The Labute approximate surface area is 97.2 Å². The van der Waals surface area contributed by atoms with Gasteiger partial charge in [-0.15, -0.1) is 0 Å². The maximum Gasteiger partial charge on any atom is 0.214 e. The van der Waals surface area contributed by atoms with Crippen LogP contribution in [0.15, 0.2) is 30.5 Å². The van der Waals surface area contributed by atoms with Crippen molar-refractivity contribution in [1.29, 1.82) is 0 Å². The summed E-state index contributed by atoms with van der Waals surface area (Å²) in [6, 6.07) is 7.06. The Morgan fingerprint density at radius 1 is 1.50 bits per heavy atom. The lowest BCUT2D eigenvalue weighted by atomic mass is 10.1. The lowest BCUT2D eigenvalue weighted by molar-refractivity contribution is 0.103. The van der Waals surface area contributed by atoms with E-state index >= 15 is 0 Å². The molecule has 0 bridgehead atoms. The van der Waals surface area contributed by atoms with E-state index in [9.17, 15) is 4.79 Å². The first-order valence-electron chi connectivity index (χ1n) is 4.86. The highest BCUT2D eigenvalue weighted by Gasteiger charge is 2.12. The summed E-state index contributed by atoms with van der Waals surface area (Å²) < 4.78 is 13.0. The molecular weight excluding hydrogens is 224 g/mol. The number of rotatable bonds is 4. The monoisotopic (exact) mass is 234 g/mol. The molecule has 4 nitrogen and oxygen atoms in total. The second kappa shape index (κ2) is 4.85. The fraction of sp³-hybridized carbons (Fsp3) is 0.182. The predicted molar refractivity (Wildman–Crippen MR) is 61.0 cm³/mol. The summed E-state index contributed by atoms with van der Waals surface area (Å²) in [6.45, 7) is 2.48. The van der Waals surface area contributed by atoms with Crippen LogP contribution in [0.5, 0.6) is 5.75 Å². The average Bonchev–Trinajstić information content (AvgIpc) is 2.82. The third-order valence-corrected chi connectivity index (χ3v) is 2.48. The van der Waals surface area contributed by atoms with Crippen molar-refractivity contribution in [1.82, 2.24) is 8.75 Å². The van der Waals surface area contributed by atoms with E-state index in [1.807, 2.05) is 13.0 Å². The van der Waals surface area contributed by atoms with Crippen LogP contribution < -0.4 is 4.74 Å². The molecule has 0 N–H and O–H groups in total. The molecule has 82 valence electrons. The molecule has 0 aliphatic heterocycles. The average molecular weight is 234 g/mol. The zero-order valence-electron chi connectivity index (χ0n) is 8.71. The molecule has 2 rings (SSSR count). The summed E-state index contributed by atoms with van der Waals surface area (Å²) in [7, 11) is 0. The van der Waals surface area contributed by atoms with Crippen molar-refractivity contribution in [2.75, 3.05) is 6.61 Å². The van der Waals surface area contributed by atoms with Crippen molar-refractivity contribution in [2.24, 2.45) is 0 Å². The lowest BCUT2D eigenvalue weighted by Crippen LogP contribution is -2.02. The number of ketones is 1. The molecule has 0 spiro atoms. The topological polar surface area (TPSA) is 52.1 Å². The Bertz CT molecular complexity index is 482. The van der Waals surface area contributed by atoms with Gasteiger partial charge in [0, 0.05) is 5.56 Å². The van der Waals surface area contributed by atoms with Crippen LogP contribution in [-0.2, 0) is 0 Å². The number of nitrogens with zero attached hydrogens (tertiary/aromatic N) is 2. The molecule has 1 aromatic carbocycles. The van der Waals surface area contributed by atoms with Crippen LogP contribution in [0.1, 0.15) is 23.0 Å². The van der Waals surface area contributed by atoms with Gasteiger partial charge in [0.05, 0.1) is 24.5 Å². The number of hydrogen-bond acceptors (Lipinski definition) is 5. The molecule has 0 atom stereocenters. The molecule has 16 heavy (non-hydrogen) atoms. The largest absolute Gasteiger partial charge is 0.494 e. The van der Waals surface area contributed by atoms with Crippen LogP contribution in [0.25, 0.3) is 0 Å². The van der Waals surface area contributed by atoms with Gasteiger partial charge in [-0.3, -0.25) is 4.79 Å². The minimum absolute atomic E-state index is 0.129. The Hall–Kier alpha value is -1.75. The molecule has 2 aromatic rings. The highest BCUT2D eigenvalue weighted by molar-refractivity contribution is 6.99. The predicted octanol–water partition coefficient (Wildman–Crippen LogP) is 2.17. The SMILES string of the molecule is CCOc1cccc(C(=O)c2cnsn2)c1. The second-order valence-electron chi connectivity index (χ2n) is 3.08. The second-order valence-corrected chi connectivity index (χ2v) is 3.64. The number of hydrogen-bond donors (Lipinski definition) is 0. The third-order valence-electron chi connectivity index (χ3n) is 2.00. The standard InChI is InChI=1S/C11H10N2O2S/c1-2-15-9-5-3-4-8(6-9)11(14)10-7-12-16-13-10/h3-7H,2H2,1H3. The van der Waals surface area contributed by atoms with Gasteiger partial charge >= 0.3 is 0 Å². The minimum atomic E-state index is -0.129. The molecule has 1 aromatic heterocycles. The minimum Gasteiger partial charge on any atom is -0.494 e. The number of aromatic nitrogens is 2. The van der Waals surface area contributed by atoms with E-state index in [0.29, 0.717) is 23.6 Å². The van der Waals surface area contributed by atoms with Crippen molar-refractivity contribution >= 4 is 17.5 Å². The first kappa shape index (κ1) is 10.8. The molecule has 0 amide bonds. The van der Waals surface area contributed by atoms with Crippen LogP contribution in [0.4, 0.5) is 0 Å². The van der Waals surface area contributed by atoms with Gasteiger partial charge in [-0.25, -0.2) is 0 Å². The molecule has 5 heteroatoms. The van der Waals surface area contributed by atoms with Gasteiger partial charge < -0.3 is 4.74 Å². The molecule has 1 heterocycles. The first-order chi connectivity index (χ1) is 7.81. The van der Waals surface area contributed by atoms with E-state index in [2.05, 4.69) is 8.75 Å². The van der Waals surface area contributed by atoms with Gasteiger partial charge in [-0.1, -0.05) is 12.1 Å². The highest BCUT2D eigenvalue weighted by Crippen LogP contribution is 2.15. The molecular formula is C11H10N2O2S. The van der Waals surface area contributed by atoms with E-state index in [1.54, 1.807) is 18.2 Å². The fourth-order valence-electron chi connectivity index (χ4n) is 1.31. The van der Waals surface area contributed by atoms with E-state index in [0.717, 1.165) is 11.7 Å². The third kappa shape index (κ3) is 2.25. The zero-order valence-corrected chi connectivity index (χ0v) is 9.53. The number of benzene rings is 1. The van der Waals surface area contributed by atoms with Crippen molar-refractivity contribution in [3.05, 3.63) is 41.7 Å². The Morgan fingerprint density at radius 3 is 3.06 bits per heavy atom. The van der Waals surface area contributed by atoms with Crippen molar-refractivity contribution in [3.8, 4) is 5.75 Å². The van der Waals surface area contributed by atoms with Crippen molar-refractivity contribution in [2.45, 2.75) is 6.92 Å². The normalized spacial score (nSPS) is 10.1. The van der Waals surface area contributed by atoms with E-state index in [-0.39, 0.29) is 5.78 Å². The van der Waals surface area contributed by atoms with Gasteiger partial charge in [0.25, 0.3) is 0 Å². The maximum absolute atomic E-state index is 11.9. The van der Waals surface area contributed by atoms with Gasteiger partial charge in [0.1, 0.15) is 11.4 Å². The molecule has 0 radical (unpaired) electrons. The van der Waals surface area contributed by atoms with Crippen molar-refractivity contribution in [3.63, 3.8) is 0 Å². The van der Waals surface area contributed by atoms with E-state index in [4.69, 9.17) is 4.74 Å². The van der Waals surface area contributed by atoms with E-state index in [1.165, 1.54) is 6.20 Å². The van der Waals surface area contributed by atoms with Crippen LogP contribution in [0.3, 0.4) is 0 Å². The number of carbonyl (C=O) groups is 1. The van der Waals surface area contributed by atoms with Gasteiger partial charge in [-0.2, -0.15) is 8.75 Å². The molecule has 0 unspecified atom stereocenters. The van der Waals surface area contributed by atoms with Crippen LogP contribution in [0, 0.1) is 0 Å². The van der Waals surface area contributed by atoms with Crippen molar-refractivity contribution < 1.29 is 9.53 Å². The summed E-state index contributed by atoms with van der Waals surface area (Å²) in [5.74, 6) is 0.562. The Balaban J connectivity index is 2.27. The summed E-state index contributed by atoms with van der Waals surface area (Å²) in [4.78, 5) is 11.9. The summed E-state index contributed by atoms with van der Waals surface area (Å²) in [5.41, 5.74) is 0.942. The molecule has 0 saturated heterocycles. The van der Waals surface area contributed by atoms with Gasteiger partial charge in [0.2, 0.25) is 5.78 Å². The zero-order chi connectivity index (χ0) is 11.4. The first-order valence-corrected chi connectivity index (χ1v) is 5.59. The molecule has 0 aliphatic carbocycles. The number of carbonyl (C=O) groups excluding carboxylic acids is 1. The number of ether oxygens (including phenoxy) is 1. The quantitative estimate of drug-likeness (QED) is 0.761. The smallest absolute Gasteiger partial charge is 0.214 e. The summed E-state index contributed by atoms with van der Waals surface area (Å²) in [5, 5.41) is 0. The molecule has 0 fully saturated rings. The Morgan fingerprint density at radius 2 is 2.38 bits per heavy atom. The van der Waals surface area contributed by atoms with Crippen LogP contribution >= 0.6 is 11.7 Å². The highest BCUT2D eigenvalue weighted by atomic mass is 32.1. The fourth-order valence-corrected chi connectivity index (χ4v) is 1.72. The maximum atomic E-state index is 11.9. The van der Waals surface area contributed by atoms with E-state index < -0.39 is 0 Å². The Kier molecular flexibility index (Phi) is 3.26. The summed E-state index contributed by atoms with van der Waals surface area (Å²) in [6.07, 6.45) is 1.47. The van der Waals surface area contributed by atoms with Crippen LogP contribution in [0.2, 0.25) is 0 Å². The van der Waals surface area contributed by atoms with Gasteiger partial charge in [-0.05, 0) is 19.1 Å². The van der Waals surface area contributed by atoms with Crippen LogP contribution in [-0.4, -0.2) is 21.1 Å². The molecule has 0 aliphatic rings.